The van der Waals surface area contributed by atoms with Crippen LogP contribution in [0.5, 0.6) is 0 Å². The standard InChI is InChI=1S/C27H24N2O5/c30-24(29-27(25(31)32)14-5-15-27)17-10-12-18(13-11-17)28-26(33)34-16-23-21-8-3-1-6-19(21)20-7-2-4-9-22(20)23/h1-4,6-13,23H,5,14-16H2,(H,28,33)(H,29,30)(H,31,32). The Morgan fingerprint density at radius 1 is 0.882 bits per heavy atom. The lowest BCUT2D eigenvalue weighted by Crippen LogP contribution is -2.59. The number of carbonyl (C=O) groups is 3. The molecule has 1 fully saturated rings. The first kappa shape index (κ1) is 21.7. The number of carboxylic acids is 1. The van der Waals surface area contributed by atoms with Crippen molar-refractivity contribution in [2.75, 3.05) is 11.9 Å². The van der Waals surface area contributed by atoms with Gasteiger partial charge in [-0.05, 0) is 65.8 Å². The predicted octanol–water partition coefficient (Wildman–Crippen LogP) is 4.78. The molecule has 0 unspecified atom stereocenters. The molecule has 0 bridgehead atoms. The van der Waals surface area contributed by atoms with E-state index >= 15 is 0 Å². The van der Waals surface area contributed by atoms with Crippen LogP contribution in [0.1, 0.15) is 46.7 Å². The maximum absolute atomic E-state index is 12.5. The van der Waals surface area contributed by atoms with Crippen LogP contribution in [0.2, 0.25) is 0 Å². The maximum Gasteiger partial charge on any atom is 0.411 e. The third-order valence-electron chi connectivity index (χ3n) is 6.71. The summed E-state index contributed by atoms with van der Waals surface area (Å²) in [6.07, 6.45) is 1.04. The summed E-state index contributed by atoms with van der Waals surface area (Å²) in [5, 5.41) is 14.7. The van der Waals surface area contributed by atoms with Gasteiger partial charge in [0.25, 0.3) is 5.91 Å². The van der Waals surface area contributed by atoms with Gasteiger partial charge < -0.3 is 15.2 Å². The van der Waals surface area contributed by atoms with E-state index in [9.17, 15) is 19.5 Å². The smallest absolute Gasteiger partial charge is 0.411 e. The summed E-state index contributed by atoms with van der Waals surface area (Å²) in [7, 11) is 0. The van der Waals surface area contributed by atoms with Crippen molar-refractivity contribution < 1.29 is 24.2 Å². The third kappa shape index (κ3) is 3.90. The first-order chi connectivity index (χ1) is 16.5. The fourth-order valence-electron chi connectivity index (χ4n) is 4.67. The van der Waals surface area contributed by atoms with Gasteiger partial charge in [-0.3, -0.25) is 10.1 Å². The number of nitrogens with one attached hydrogen (secondary N) is 2. The summed E-state index contributed by atoms with van der Waals surface area (Å²) in [4.78, 5) is 36.4. The van der Waals surface area contributed by atoms with Gasteiger partial charge in [-0.1, -0.05) is 48.5 Å². The van der Waals surface area contributed by atoms with Crippen molar-refractivity contribution in [3.05, 3.63) is 89.5 Å². The van der Waals surface area contributed by atoms with Crippen molar-refractivity contribution in [2.45, 2.75) is 30.7 Å². The minimum atomic E-state index is -1.17. The van der Waals surface area contributed by atoms with Gasteiger partial charge >= 0.3 is 12.1 Å². The van der Waals surface area contributed by atoms with Crippen LogP contribution in [-0.4, -0.2) is 35.2 Å². The Morgan fingerprint density at radius 3 is 2.00 bits per heavy atom. The monoisotopic (exact) mass is 456 g/mol. The van der Waals surface area contributed by atoms with E-state index < -0.39 is 23.5 Å². The Labute approximate surface area is 196 Å². The Bertz CT molecular complexity index is 1220. The van der Waals surface area contributed by atoms with Gasteiger partial charge in [-0.25, -0.2) is 9.59 Å². The van der Waals surface area contributed by atoms with E-state index in [0.29, 0.717) is 24.1 Å². The molecule has 172 valence electrons. The number of rotatable bonds is 6. The predicted molar refractivity (Wildman–Crippen MR) is 127 cm³/mol. The summed E-state index contributed by atoms with van der Waals surface area (Å²) < 4.78 is 5.54. The number of carboxylic acid groups (broad SMARTS) is 1. The molecule has 1 saturated carbocycles. The molecule has 34 heavy (non-hydrogen) atoms. The highest BCUT2D eigenvalue weighted by Gasteiger charge is 2.45. The summed E-state index contributed by atoms with van der Waals surface area (Å²) in [5.74, 6) is -1.49. The fraction of sp³-hybridized carbons (Fsp3) is 0.222. The van der Waals surface area contributed by atoms with Gasteiger partial charge in [0.15, 0.2) is 0 Å². The lowest BCUT2D eigenvalue weighted by Gasteiger charge is -2.38. The molecule has 7 heteroatoms. The van der Waals surface area contributed by atoms with E-state index in [0.717, 1.165) is 28.7 Å². The molecule has 0 saturated heterocycles. The van der Waals surface area contributed by atoms with Crippen molar-refractivity contribution in [3.8, 4) is 11.1 Å². The quantitative estimate of drug-likeness (QED) is 0.495. The number of ether oxygens (including phenoxy) is 1. The molecule has 2 aliphatic carbocycles. The Morgan fingerprint density at radius 2 is 1.47 bits per heavy atom. The van der Waals surface area contributed by atoms with Crippen LogP contribution >= 0.6 is 0 Å². The van der Waals surface area contributed by atoms with Gasteiger partial charge in [0, 0.05) is 17.2 Å². The number of hydrogen-bond donors (Lipinski definition) is 3. The molecule has 0 atom stereocenters. The molecular formula is C27H24N2O5. The zero-order chi connectivity index (χ0) is 23.7. The minimum absolute atomic E-state index is 0.0303. The average molecular weight is 456 g/mol. The zero-order valence-corrected chi connectivity index (χ0v) is 18.4. The molecule has 3 aromatic rings. The second-order valence-electron chi connectivity index (χ2n) is 8.72. The SMILES string of the molecule is O=C(Nc1ccc(C(=O)NC2(C(=O)O)CCC2)cc1)OCC1c2ccccc2-c2ccccc21. The Balaban J connectivity index is 1.20. The van der Waals surface area contributed by atoms with Crippen molar-refractivity contribution in [3.63, 3.8) is 0 Å². The van der Waals surface area contributed by atoms with Crippen LogP contribution in [-0.2, 0) is 9.53 Å². The maximum atomic E-state index is 12.5. The van der Waals surface area contributed by atoms with Gasteiger partial charge in [0.1, 0.15) is 12.1 Å². The minimum Gasteiger partial charge on any atom is -0.480 e. The van der Waals surface area contributed by atoms with Crippen molar-refractivity contribution >= 4 is 23.7 Å². The molecule has 2 amide bonds. The molecule has 2 aliphatic rings. The van der Waals surface area contributed by atoms with Crippen LogP contribution < -0.4 is 10.6 Å². The Hall–Kier alpha value is -4.13. The molecule has 0 heterocycles. The number of benzene rings is 3. The molecule has 3 aromatic carbocycles. The molecule has 3 N–H and O–H groups in total. The zero-order valence-electron chi connectivity index (χ0n) is 18.4. The first-order valence-electron chi connectivity index (χ1n) is 11.2. The summed E-state index contributed by atoms with van der Waals surface area (Å²) in [6, 6.07) is 22.5. The summed E-state index contributed by atoms with van der Waals surface area (Å²) in [6.45, 7) is 0.206. The number of carbonyl (C=O) groups excluding carboxylic acids is 2. The van der Waals surface area contributed by atoms with E-state index in [1.165, 1.54) is 0 Å². The van der Waals surface area contributed by atoms with Crippen LogP contribution in [0.25, 0.3) is 11.1 Å². The molecule has 0 aromatic heterocycles. The normalized spacial score (nSPS) is 15.4. The molecule has 0 spiro atoms. The van der Waals surface area contributed by atoms with Crippen molar-refractivity contribution in [1.29, 1.82) is 0 Å². The number of fused-ring (bicyclic) bond motifs is 3. The molecule has 0 radical (unpaired) electrons. The number of anilines is 1. The Kier molecular flexibility index (Phi) is 5.53. The number of hydrogen-bond acceptors (Lipinski definition) is 4. The van der Waals surface area contributed by atoms with Crippen LogP contribution in [0.15, 0.2) is 72.8 Å². The van der Waals surface area contributed by atoms with E-state index in [1.807, 2.05) is 24.3 Å². The average Bonchev–Trinajstić information content (AvgIpc) is 3.14. The van der Waals surface area contributed by atoms with Crippen molar-refractivity contribution in [1.82, 2.24) is 5.32 Å². The fourth-order valence-corrected chi connectivity index (χ4v) is 4.67. The topological polar surface area (TPSA) is 105 Å². The second-order valence-corrected chi connectivity index (χ2v) is 8.72. The van der Waals surface area contributed by atoms with Crippen LogP contribution in [0.3, 0.4) is 0 Å². The highest BCUT2D eigenvalue weighted by molar-refractivity contribution is 5.98. The highest BCUT2D eigenvalue weighted by Crippen LogP contribution is 2.44. The third-order valence-corrected chi connectivity index (χ3v) is 6.71. The van der Waals surface area contributed by atoms with E-state index in [-0.39, 0.29) is 12.5 Å². The van der Waals surface area contributed by atoms with Crippen LogP contribution in [0.4, 0.5) is 10.5 Å². The van der Waals surface area contributed by atoms with Gasteiger partial charge in [-0.2, -0.15) is 0 Å². The second kappa shape index (κ2) is 8.67. The van der Waals surface area contributed by atoms with Crippen LogP contribution in [0, 0.1) is 0 Å². The van der Waals surface area contributed by atoms with E-state index in [4.69, 9.17) is 4.74 Å². The number of amides is 2. The van der Waals surface area contributed by atoms with Gasteiger partial charge in [-0.15, -0.1) is 0 Å². The molecule has 7 nitrogen and oxygen atoms in total. The van der Waals surface area contributed by atoms with Crippen molar-refractivity contribution in [2.24, 2.45) is 0 Å². The van der Waals surface area contributed by atoms with Gasteiger partial charge in [0.2, 0.25) is 0 Å². The summed E-state index contributed by atoms with van der Waals surface area (Å²) in [5.41, 5.74) is 4.22. The van der Waals surface area contributed by atoms with E-state index in [2.05, 4.69) is 34.9 Å². The first-order valence-corrected chi connectivity index (χ1v) is 11.2. The summed E-state index contributed by atoms with van der Waals surface area (Å²) >= 11 is 0. The molecule has 5 rings (SSSR count). The lowest BCUT2D eigenvalue weighted by atomic mass is 9.76. The molecule has 0 aliphatic heterocycles. The van der Waals surface area contributed by atoms with E-state index in [1.54, 1.807) is 24.3 Å². The highest BCUT2D eigenvalue weighted by atomic mass is 16.5. The largest absolute Gasteiger partial charge is 0.480 e. The lowest BCUT2D eigenvalue weighted by molar-refractivity contribution is -0.148. The van der Waals surface area contributed by atoms with Gasteiger partial charge in [0.05, 0.1) is 0 Å². The molecular weight excluding hydrogens is 432 g/mol. The number of aliphatic carboxylic acids is 1.